The molecule has 0 bridgehead atoms. The van der Waals surface area contributed by atoms with Crippen LogP contribution in [0.2, 0.25) is 5.02 Å². The van der Waals surface area contributed by atoms with Gasteiger partial charge < -0.3 is 14.8 Å². The highest BCUT2D eigenvalue weighted by atomic mass is 35.5. The Morgan fingerprint density at radius 2 is 1.90 bits per heavy atom. The first-order valence-corrected chi connectivity index (χ1v) is 7.50. The summed E-state index contributed by atoms with van der Waals surface area (Å²) in [5.74, 6) is 0. The van der Waals surface area contributed by atoms with E-state index in [0.29, 0.717) is 19.8 Å². The van der Waals surface area contributed by atoms with Crippen molar-refractivity contribution in [1.29, 1.82) is 0 Å². The quantitative estimate of drug-likeness (QED) is 0.740. The molecule has 114 valence electrons. The van der Waals surface area contributed by atoms with Crippen molar-refractivity contribution in [2.24, 2.45) is 0 Å². The van der Waals surface area contributed by atoms with Gasteiger partial charge in [-0.1, -0.05) is 29.8 Å². The topological polar surface area (TPSA) is 30.5 Å². The predicted molar refractivity (Wildman–Crippen MR) is 84.4 cm³/mol. The SMILES string of the molecule is CCOCCOC(CNC(C)(C)C)c1ccccc1Cl. The number of hydrogen-bond donors (Lipinski definition) is 1. The van der Waals surface area contributed by atoms with Gasteiger partial charge in [-0.25, -0.2) is 0 Å². The van der Waals surface area contributed by atoms with Crippen molar-refractivity contribution in [2.75, 3.05) is 26.4 Å². The molecule has 0 aliphatic rings. The first kappa shape index (κ1) is 17.4. The van der Waals surface area contributed by atoms with E-state index in [0.717, 1.165) is 17.1 Å². The molecule has 1 aromatic carbocycles. The van der Waals surface area contributed by atoms with E-state index in [1.165, 1.54) is 0 Å². The number of rotatable bonds is 8. The predicted octanol–water partition coefficient (Wildman–Crippen LogP) is 3.82. The largest absolute Gasteiger partial charge is 0.379 e. The minimum Gasteiger partial charge on any atom is -0.379 e. The van der Waals surface area contributed by atoms with Crippen LogP contribution in [-0.2, 0) is 9.47 Å². The molecule has 0 heterocycles. The van der Waals surface area contributed by atoms with Crippen LogP contribution in [0.25, 0.3) is 0 Å². The van der Waals surface area contributed by atoms with Crippen LogP contribution in [0.3, 0.4) is 0 Å². The third-order valence-corrected chi connectivity index (χ3v) is 3.16. The Bertz CT molecular complexity index is 390. The molecule has 0 saturated heterocycles. The summed E-state index contributed by atoms with van der Waals surface area (Å²) in [4.78, 5) is 0. The van der Waals surface area contributed by atoms with E-state index in [-0.39, 0.29) is 11.6 Å². The number of ether oxygens (including phenoxy) is 2. The molecule has 1 rings (SSSR count). The molecule has 4 heteroatoms. The Labute approximate surface area is 127 Å². The third kappa shape index (κ3) is 6.71. The van der Waals surface area contributed by atoms with Crippen LogP contribution in [0.4, 0.5) is 0 Å². The van der Waals surface area contributed by atoms with Crippen molar-refractivity contribution in [3.05, 3.63) is 34.9 Å². The summed E-state index contributed by atoms with van der Waals surface area (Å²) in [6.07, 6.45) is -0.0663. The summed E-state index contributed by atoms with van der Waals surface area (Å²) >= 11 is 6.27. The van der Waals surface area contributed by atoms with Crippen molar-refractivity contribution >= 4 is 11.6 Å². The highest BCUT2D eigenvalue weighted by Gasteiger charge is 2.18. The lowest BCUT2D eigenvalue weighted by Crippen LogP contribution is -2.39. The lowest BCUT2D eigenvalue weighted by atomic mass is 10.1. The van der Waals surface area contributed by atoms with Crippen molar-refractivity contribution in [3.8, 4) is 0 Å². The molecule has 0 fully saturated rings. The third-order valence-electron chi connectivity index (χ3n) is 2.82. The highest BCUT2D eigenvalue weighted by Crippen LogP contribution is 2.25. The zero-order valence-corrected chi connectivity index (χ0v) is 13.7. The van der Waals surface area contributed by atoms with Gasteiger partial charge in [0.15, 0.2) is 0 Å². The minimum atomic E-state index is -0.0663. The van der Waals surface area contributed by atoms with Crippen LogP contribution >= 0.6 is 11.6 Å². The fourth-order valence-corrected chi connectivity index (χ4v) is 2.04. The molecule has 0 spiro atoms. The molecule has 3 nitrogen and oxygen atoms in total. The molecule has 0 saturated carbocycles. The first-order valence-electron chi connectivity index (χ1n) is 7.13. The zero-order valence-electron chi connectivity index (χ0n) is 12.9. The Morgan fingerprint density at radius 1 is 1.20 bits per heavy atom. The van der Waals surface area contributed by atoms with E-state index < -0.39 is 0 Å². The van der Waals surface area contributed by atoms with Gasteiger partial charge in [0.25, 0.3) is 0 Å². The second-order valence-corrected chi connectivity index (χ2v) is 6.12. The second-order valence-electron chi connectivity index (χ2n) is 5.71. The van der Waals surface area contributed by atoms with Crippen molar-refractivity contribution in [1.82, 2.24) is 5.32 Å². The molecule has 0 aliphatic carbocycles. The Balaban J connectivity index is 2.66. The maximum atomic E-state index is 6.27. The average Bonchev–Trinajstić information content (AvgIpc) is 2.38. The molecular formula is C16H26ClNO2. The lowest BCUT2D eigenvalue weighted by Gasteiger charge is -2.26. The molecular weight excluding hydrogens is 274 g/mol. The number of nitrogens with one attached hydrogen (secondary N) is 1. The van der Waals surface area contributed by atoms with Crippen molar-refractivity contribution in [3.63, 3.8) is 0 Å². The smallest absolute Gasteiger partial charge is 0.0964 e. The molecule has 20 heavy (non-hydrogen) atoms. The van der Waals surface area contributed by atoms with E-state index in [2.05, 4.69) is 26.1 Å². The summed E-state index contributed by atoms with van der Waals surface area (Å²) in [5, 5.41) is 4.20. The molecule has 1 N–H and O–H groups in total. The summed E-state index contributed by atoms with van der Waals surface area (Å²) in [6, 6.07) is 7.82. The van der Waals surface area contributed by atoms with Gasteiger partial charge in [-0.15, -0.1) is 0 Å². The molecule has 0 radical (unpaired) electrons. The van der Waals surface area contributed by atoms with Gasteiger partial charge in [0, 0.05) is 29.3 Å². The molecule has 1 unspecified atom stereocenters. The summed E-state index contributed by atoms with van der Waals surface area (Å²) < 4.78 is 11.3. The monoisotopic (exact) mass is 299 g/mol. The molecule has 0 aromatic heterocycles. The fourth-order valence-electron chi connectivity index (χ4n) is 1.79. The van der Waals surface area contributed by atoms with Gasteiger partial charge in [0.2, 0.25) is 0 Å². The molecule has 0 aliphatic heterocycles. The maximum Gasteiger partial charge on any atom is 0.0964 e. The Morgan fingerprint density at radius 3 is 2.50 bits per heavy atom. The van der Waals surface area contributed by atoms with E-state index in [1.54, 1.807) is 0 Å². The van der Waals surface area contributed by atoms with Gasteiger partial charge in [0.05, 0.1) is 19.3 Å². The van der Waals surface area contributed by atoms with Gasteiger partial charge in [-0.05, 0) is 33.8 Å². The zero-order chi connectivity index (χ0) is 15.0. The summed E-state index contributed by atoms with van der Waals surface area (Å²) in [7, 11) is 0. The number of halogens is 1. The number of hydrogen-bond acceptors (Lipinski definition) is 3. The van der Waals surface area contributed by atoms with Crippen LogP contribution in [0.1, 0.15) is 39.4 Å². The van der Waals surface area contributed by atoms with Crippen LogP contribution in [0, 0.1) is 0 Å². The minimum absolute atomic E-state index is 0.0444. The Hall–Kier alpha value is -0.610. The van der Waals surface area contributed by atoms with E-state index >= 15 is 0 Å². The van der Waals surface area contributed by atoms with Crippen molar-refractivity contribution in [2.45, 2.75) is 39.3 Å². The van der Waals surface area contributed by atoms with E-state index in [1.807, 2.05) is 31.2 Å². The van der Waals surface area contributed by atoms with Crippen LogP contribution < -0.4 is 5.32 Å². The standard InChI is InChI=1S/C16H26ClNO2/c1-5-19-10-11-20-15(12-18-16(2,3)4)13-8-6-7-9-14(13)17/h6-9,15,18H,5,10-12H2,1-4H3. The van der Waals surface area contributed by atoms with Gasteiger partial charge >= 0.3 is 0 Å². The maximum absolute atomic E-state index is 6.27. The summed E-state index contributed by atoms with van der Waals surface area (Å²) in [5.41, 5.74) is 1.06. The summed E-state index contributed by atoms with van der Waals surface area (Å²) in [6.45, 7) is 11.0. The van der Waals surface area contributed by atoms with Crippen LogP contribution in [0.15, 0.2) is 24.3 Å². The van der Waals surface area contributed by atoms with Gasteiger partial charge in [-0.3, -0.25) is 0 Å². The first-order chi connectivity index (χ1) is 9.44. The van der Waals surface area contributed by atoms with Crippen molar-refractivity contribution < 1.29 is 9.47 Å². The van der Waals surface area contributed by atoms with Crippen LogP contribution in [0.5, 0.6) is 0 Å². The second kappa shape index (κ2) is 8.63. The lowest BCUT2D eigenvalue weighted by molar-refractivity contribution is 0.00463. The molecule has 1 atom stereocenters. The average molecular weight is 300 g/mol. The van der Waals surface area contributed by atoms with Gasteiger partial charge in [0.1, 0.15) is 0 Å². The Kier molecular flexibility index (Phi) is 7.52. The van der Waals surface area contributed by atoms with Crippen LogP contribution in [-0.4, -0.2) is 31.9 Å². The molecule has 1 aromatic rings. The molecule has 0 amide bonds. The normalized spacial score (nSPS) is 13.4. The number of benzene rings is 1. The fraction of sp³-hybridized carbons (Fsp3) is 0.625. The van der Waals surface area contributed by atoms with Gasteiger partial charge in [-0.2, -0.15) is 0 Å². The highest BCUT2D eigenvalue weighted by molar-refractivity contribution is 6.31. The van der Waals surface area contributed by atoms with E-state index in [4.69, 9.17) is 21.1 Å². The van der Waals surface area contributed by atoms with E-state index in [9.17, 15) is 0 Å².